The average molecular weight is 338 g/mol. The summed E-state index contributed by atoms with van der Waals surface area (Å²) in [6.07, 6.45) is 0. The number of carbonyl (C=O) groups is 2. The summed E-state index contributed by atoms with van der Waals surface area (Å²) in [5.41, 5.74) is 4.15. The molecule has 0 aliphatic rings. The van der Waals surface area contributed by atoms with E-state index in [-0.39, 0.29) is 18.4 Å². The Balaban J connectivity index is 2.02. The normalized spacial score (nSPS) is 10.6. The van der Waals surface area contributed by atoms with Crippen molar-refractivity contribution in [3.8, 4) is 0 Å². The first-order valence-electron chi connectivity index (χ1n) is 8.57. The minimum absolute atomic E-state index is 0.0161. The summed E-state index contributed by atoms with van der Waals surface area (Å²) in [7, 11) is 0. The Bertz CT molecular complexity index is 736. The van der Waals surface area contributed by atoms with Gasteiger partial charge in [-0.1, -0.05) is 50.2 Å². The van der Waals surface area contributed by atoms with Crippen LogP contribution in [-0.2, 0) is 16.1 Å². The Morgan fingerprint density at radius 1 is 1.04 bits per heavy atom. The van der Waals surface area contributed by atoms with Crippen LogP contribution in [0, 0.1) is 6.92 Å². The van der Waals surface area contributed by atoms with E-state index in [4.69, 9.17) is 0 Å². The number of hydrogen-bond donors (Lipinski definition) is 1. The third-order valence-corrected chi connectivity index (χ3v) is 4.29. The Morgan fingerprint density at radius 2 is 1.68 bits per heavy atom. The van der Waals surface area contributed by atoms with Gasteiger partial charge in [-0.25, -0.2) is 0 Å². The Labute approximate surface area is 149 Å². The van der Waals surface area contributed by atoms with Crippen LogP contribution in [0.4, 0.5) is 5.69 Å². The van der Waals surface area contributed by atoms with Gasteiger partial charge < -0.3 is 10.2 Å². The van der Waals surface area contributed by atoms with Crippen LogP contribution in [-0.4, -0.2) is 18.4 Å². The minimum atomic E-state index is -0.175. The topological polar surface area (TPSA) is 49.4 Å². The fraction of sp³-hybridized carbons (Fsp3) is 0.333. The van der Waals surface area contributed by atoms with E-state index in [1.807, 2.05) is 55.5 Å². The van der Waals surface area contributed by atoms with Crippen LogP contribution in [0.3, 0.4) is 0 Å². The van der Waals surface area contributed by atoms with E-state index in [1.54, 1.807) is 0 Å². The standard InChI is InChI=1S/C21H26N2O2/c1-15(2)18-9-11-20(12-10-18)23(17(4)24)14-21(25)22-13-19-8-6-5-7-16(19)3/h5-12,15H,13-14H2,1-4H3,(H,22,25). The molecule has 0 aliphatic carbocycles. The lowest BCUT2D eigenvalue weighted by Gasteiger charge is -2.21. The maximum atomic E-state index is 12.3. The molecule has 0 radical (unpaired) electrons. The monoisotopic (exact) mass is 338 g/mol. The average Bonchev–Trinajstić information content (AvgIpc) is 2.59. The summed E-state index contributed by atoms with van der Waals surface area (Å²) in [5.74, 6) is 0.104. The molecular formula is C21H26N2O2. The molecule has 0 unspecified atom stereocenters. The highest BCUT2D eigenvalue weighted by Crippen LogP contribution is 2.20. The van der Waals surface area contributed by atoms with Crippen LogP contribution >= 0.6 is 0 Å². The van der Waals surface area contributed by atoms with E-state index >= 15 is 0 Å². The summed E-state index contributed by atoms with van der Waals surface area (Å²) >= 11 is 0. The Hall–Kier alpha value is -2.62. The molecule has 2 aromatic carbocycles. The second kappa shape index (κ2) is 8.47. The van der Waals surface area contributed by atoms with Gasteiger partial charge in [0.2, 0.25) is 11.8 Å². The zero-order chi connectivity index (χ0) is 18.4. The number of nitrogens with one attached hydrogen (secondary N) is 1. The third kappa shape index (κ3) is 5.18. The maximum absolute atomic E-state index is 12.3. The molecule has 132 valence electrons. The quantitative estimate of drug-likeness (QED) is 0.871. The number of amides is 2. The lowest BCUT2D eigenvalue weighted by molar-refractivity contribution is -0.123. The highest BCUT2D eigenvalue weighted by molar-refractivity contribution is 5.97. The summed E-state index contributed by atoms with van der Waals surface area (Å²) in [6.45, 7) is 8.21. The van der Waals surface area contributed by atoms with Crippen molar-refractivity contribution in [1.29, 1.82) is 0 Å². The molecule has 0 saturated heterocycles. The molecule has 2 aromatic rings. The molecule has 4 nitrogen and oxygen atoms in total. The second-order valence-electron chi connectivity index (χ2n) is 6.55. The SMILES string of the molecule is CC(=O)N(CC(=O)NCc1ccccc1C)c1ccc(C(C)C)cc1. The maximum Gasteiger partial charge on any atom is 0.240 e. The van der Waals surface area contributed by atoms with Crippen LogP contribution in [0.2, 0.25) is 0 Å². The fourth-order valence-electron chi connectivity index (χ4n) is 2.63. The molecule has 0 spiro atoms. The predicted octanol–water partition coefficient (Wildman–Crippen LogP) is 3.79. The van der Waals surface area contributed by atoms with Crippen molar-refractivity contribution in [2.45, 2.75) is 40.2 Å². The van der Waals surface area contributed by atoms with Crippen molar-refractivity contribution >= 4 is 17.5 Å². The molecule has 0 atom stereocenters. The summed E-state index contributed by atoms with van der Waals surface area (Å²) in [4.78, 5) is 25.8. The minimum Gasteiger partial charge on any atom is -0.350 e. The number of benzene rings is 2. The third-order valence-electron chi connectivity index (χ3n) is 4.29. The zero-order valence-corrected chi connectivity index (χ0v) is 15.4. The molecule has 0 aliphatic heterocycles. The summed E-state index contributed by atoms with van der Waals surface area (Å²) in [5, 5.41) is 2.89. The van der Waals surface area contributed by atoms with Crippen molar-refractivity contribution in [2.75, 3.05) is 11.4 Å². The molecule has 0 aromatic heterocycles. The number of nitrogens with zero attached hydrogens (tertiary/aromatic N) is 1. The molecule has 1 N–H and O–H groups in total. The molecule has 2 amide bonds. The van der Waals surface area contributed by atoms with Gasteiger partial charge in [0.05, 0.1) is 0 Å². The summed E-state index contributed by atoms with van der Waals surface area (Å²) in [6, 6.07) is 15.7. The lowest BCUT2D eigenvalue weighted by Crippen LogP contribution is -2.39. The fourth-order valence-corrected chi connectivity index (χ4v) is 2.63. The highest BCUT2D eigenvalue weighted by atomic mass is 16.2. The molecule has 25 heavy (non-hydrogen) atoms. The van der Waals surface area contributed by atoms with E-state index in [0.29, 0.717) is 12.5 Å². The van der Waals surface area contributed by atoms with Crippen molar-refractivity contribution in [1.82, 2.24) is 5.32 Å². The summed E-state index contributed by atoms with van der Waals surface area (Å²) < 4.78 is 0. The van der Waals surface area contributed by atoms with Gasteiger partial charge in [-0.15, -0.1) is 0 Å². The van der Waals surface area contributed by atoms with Gasteiger partial charge in [0.15, 0.2) is 0 Å². The predicted molar refractivity (Wildman–Crippen MR) is 102 cm³/mol. The second-order valence-corrected chi connectivity index (χ2v) is 6.55. The molecule has 0 heterocycles. The molecule has 0 bridgehead atoms. The van der Waals surface area contributed by atoms with Gasteiger partial charge in [0.25, 0.3) is 0 Å². The number of aryl methyl sites for hydroxylation is 1. The van der Waals surface area contributed by atoms with Crippen LogP contribution in [0.15, 0.2) is 48.5 Å². The van der Waals surface area contributed by atoms with E-state index in [9.17, 15) is 9.59 Å². The van der Waals surface area contributed by atoms with Gasteiger partial charge in [0.1, 0.15) is 6.54 Å². The lowest BCUT2D eigenvalue weighted by atomic mass is 10.0. The Kier molecular flexibility index (Phi) is 6.34. The first kappa shape index (κ1) is 18.7. The number of hydrogen-bond acceptors (Lipinski definition) is 2. The number of anilines is 1. The van der Waals surface area contributed by atoms with E-state index in [0.717, 1.165) is 16.8 Å². The van der Waals surface area contributed by atoms with Crippen LogP contribution in [0.5, 0.6) is 0 Å². The van der Waals surface area contributed by atoms with Crippen molar-refractivity contribution in [2.24, 2.45) is 0 Å². The molecule has 2 rings (SSSR count). The van der Waals surface area contributed by atoms with Gasteiger partial charge in [-0.2, -0.15) is 0 Å². The van der Waals surface area contributed by atoms with E-state index in [2.05, 4.69) is 19.2 Å². The Morgan fingerprint density at radius 3 is 2.24 bits per heavy atom. The highest BCUT2D eigenvalue weighted by Gasteiger charge is 2.16. The van der Waals surface area contributed by atoms with E-state index in [1.165, 1.54) is 17.4 Å². The molecule has 4 heteroatoms. The van der Waals surface area contributed by atoms with E-state index < -0.39 is 0 Å². The molecular weight excluding hydrogens is 312 g/mol. The first-order valence-corrected chi connectivity index (χ1v) is 8.57. The number of carbonyl (C=O) groups excluding carboxylic acids is 2. The van der Waals surface area contributed by atoms with Gasteiger partial charge in [-0.3, -0.25) is 9.59 Å². The first-order chi connectivity index (χ1) is 11.9. The van der Waals surface area contributed by atoms with Gasteiger partial charge in [0, 0.05) is 19.2 Å². The van der Waals surface area contributed by atoms with Gasteiger partial charge in [-0.05, 0) is 41.7 Å². The van der Waals surface area contributed by atoms with Crippen LogP contribution in [0.1, 0.15) is 43.4 Å². The van der Waals surface area contributed by atoms with Crippen molar-refractivity contribution < 1.29 is 9.59 Å². The smallest absolute Gasteiger partial charge is 0.240 e. The molecule has 0 saturated carbocycles. The molecule has 0 fully saturated rings. The van der Waals surface area contributed by atoms with Crippen molar-refractivity contribution in [3.63, 3.8) is 0 Å². The van der Waals surface area contributed by atoms with Gasteiger partial charge >= 0.3 is 0 Å². The largest absolute Gasteiger partial charge is 0.350 e. The van der Waals surface area contributed by atoms with Crippen LogP contribution < -0.4 is 10.2 Å². The number of rotatable bonds is 6. The van der Waals surface area contributed by atoms with Crippen molar-refractivity contribution in [3.05, 3.63) is 65.2 Å². The van der Waals surface area contributed by atoms with Crippen LogP contribution in [0.25, 0.3) is 0 Å². The zero-order valence-electron chi connectivity index (χ0n) is 15.4.